The van der Waals surface area contributed by atoms with Crippen LogP contribution in [-0.4, -0.2) is 22.3 Å². The first kappa shape index (κ1) is 8.26. The van der Waals surface area contributed by atoms with E-state index in [0.717, 1.165) is 6.21 Å². The fourth-order valence-corrected chi connectivity index (χ4v) is 0.753. The fourth-order valence-electron chi connectivity index (χ4n) is 0.753. The lowest BCUT2D eigenvalue weighted by Gasteiger charge is -1.93. The van der Waals surface area contributed by atoms with E-state index in [1.54, 1.807) is 0 Å². The van der Waals surface area contributed by atoms with Gasteiger partial charge in [-0.1, -0.05) is 5.16 Å². The van der Waals surface area contributed by atoms with Crippen LogP contribution in [0, 0.1) is 0 Å². The molecule has 0 saturated carbocycles. The van der Waals surface area contributed by atoms with Crippen LogP contribution < -0.4 is 0 Å². The average Bonchev–Trinajstić information content (AvgIpc) is 2.06. The number of nitrogens with zero attached hydrogens (tertiary/aromatic N) is 1. The molecule has 0 heterocycles. The van der Waals surface area contributed by atoms with Crippen LogP contribution >= 0.6 is 0 Å². The zero-order valence-corrected chi connectivity index (χ0v) is 6.14. The SMILES string of the molecule is O=C(/C=N/O)c1ccc(O)cc1. The molecule has 0 bridgehead atoms. The molecule has 0 aliphatic heterocycles. The Morgan fingerprint density at radius 1 is 1.33 bits per heavy atom. The number of hydrogen-bond donors (Lipinski definition) is 2. The maximum atomic E-state index is 11.0. The zero-order chi connectivity index (χ0) is 8.97. The lowest BCUT2D eigenvalue weighted by Crippen LogP contribution is -1.98. The summed E-state index contributed by atoms with van der Waals surface area (Å²) in [5.41, 5.74) is 0.366. The highest BCUT2D eigenvalue weighted by Crippen LogP contribution is 2.09. The van der Waals surface area contributed by atoms with Gasteiger partial charge in [0.05, 0.1) is 0 Å². The van der Waals surface area contributed by atoms with Crippen LogP contribution in [0.5, 0.6) is 5.75 Å². The van der Waals surface area contributed by atoms with Gasteiger partial charge in [-0.3, -0.25) is 4.79 Å². The number of carbonyl (C=O) groups is 1. The van der Waals surface area contributed by atoms with Crippen molar-refractivity contribution in [2.24, 2.45) is 5.16 Å². The van der Waals surface area contributed by atoms with E-state index in [0.29, 0.717) is 5.56 Å². The van der Waals surface area contributed by atoms with Gasteiger partial charge in [-0.25, -0.2) is 0 Å². The Bertz CT molecular complexity index is 303. The normalized spacial score (nSPS) is 10.3. The van der Waals surface area contributed by atoms with E-state index in [9.17, 15) is 4.79 Å². The third-order valence-electron chi connectivity index (χ3n) is 1.33. The molecule has 1 aromatic rings. The Labute approximate surface area is 68.8 Å². The summed E-state index contributed by atoms with van der Waals surface area (Å²) in [5.74, 6) is -0.315. The molecule has 0 aromatic heterocycles. The van der Waals surface area contributed by atoms with Gasteiger partial charge in [-0.15, -0.1) is 0 Å². The molecular weight excluding hydrogens is 158 g/mol. The molecular formula is C8H7NO3. The van der Waals surface area contributed by atoms with E-state index in [1.807, 2.05) is 0 Å². The molecule has 12 heavy (non-hydrogen) atoms. The summed E-state index contributed by atoms with van der Waals surface area (Å²) in [7, 11) is 0. The van der Waals surface area contributed by atoms with Crippen molar-refractivity contribution in [2.75, 3.05) is 0 Å². The van der Waals surface area contributed by atoms with Gasteiger partial charge in [0, 0.05) is 5.56 Å². The van der Waals surface area contributed by atoms with Gasteiger partial charge in [0.2, 0.25) is 5.78 Å². The van der Waals surface area contributed by atoms with Crippen LogP contribution in [0.1, 0.15) is 10.4 Å². The van der Waals surface area contributed by atoms with Crippen LogP contribution in [0.3, 0.4) is 0 Å². The molecule has 0 spiro atoms. The van der Waals surface area contributed by atoms with Crippen molar-refractivity contribution in [3.8, 4) is 5.75 Å². The maximum absolute atomic E-state index is 11.0. The number of hydrogen-bond acceptors (Lipinski definition) is 4. The van der Waals surface area contributed by atoms with Gasteiger partial charge in [0.15, 0.2) is 0 Å². The predicted molar refractivity (Wildman–Crippen MR) is 42.7 cm³/mol. The minimum atomic E-state index is -0.405. The van der Waals surface area contributed by atoms with E-state index in [1.165, 1.54) is 24.3 Å². The zero-order valence-electron chi connectivity index (χ0n) is 6.14. The Morgan fingerprint density at radius 2 is 1.92 bits per heavy atom. The van der Waals surface area contributed by atoms with Gasteiger partial charge < -0.3 is 10.3 Å². The smallest absolute Gasteiger partial charge is 0.207 e. The lowest BCUT2D eigenvalue weighted by molar-refractivity contribution is 0.106. The van der Waals surface area contributed by atoms with Crippen LogP contribution in [0.2, 0.25) is 0 Å². The van der Waals surface area contributed by atoms with Gasteiger partial charge in [0.1, 0.15) is 12.0 Å². The second-order valence-electron chi connectivity index (χ2n) is 2.16. The van der Waals surface area contributed by atoms with E-state index in [4.69, 9.17) is 10.3 Å². The fraction of sp³-hybridized carbons (Fsp3) is 0. The summed E-state index contributed by atoms with van der Waals surface area (Å²) in [4.78, 5) is 11.0. The first-order valence-corrected chi connectivity index (χ1v) is 3.25. The van der Waals surface area contributed by atoms with E-state index in [-0.39, 0.29) is 5.75 Å². The summed E-state index contributed by atoms with van der Waals surface area (Å²) in [5, 5.41) is 19.5. The maximum Gasteiger partial charge on any atom is 0.207 e. The van der Waals surface area contributed by atoms with Crippen molar-refractivity contribution in [1.82, 2.24) is 0 Å². The molecule has 0 atom stereocenters. The molecule has 0 aliphatic rings. The van der Waals surface area contributed by atoms with Crippen LogP contribution in [0.15, 0.2) is 29.4 Å². The monoisotopic (exact) mass is 165 g/mol. The molecule has 2 N–H and O–H groups in total. The summed E-state index contributed by atoms with van der Waals surface area (Å²) >= 11 is 0. The molecule has 62 valence electrons. The minimum absolute atomic E-state index is 0.0903. The number of phenolic OH excluding ortho intramolecular Hbond substituents is 1. The molecule has 0 fully saturated rings. The van der Waals surface area contributed by atoms with Gasteiger partial charge >= 0.3 is 0 Å². The summed E-state index contributed by atoms with van der Waals surface area (Å²) in [6, 6.07) is 5.66. The summed E-state index contributed by atoms with van der Waals surface area (Å²) in [6.45, 7) is 0. The second-order valence-corrected chi connectivity index (χ2v) is 2.16. The number of ketones is 1. The van der Waals surface area contributed by atoms with Gasteiger partial charge in [-0.2, -0.15) is 0 Å². The lowest BCUT2D eigenvalue weighted by atomic mass is 10.1. The van der Waals surface area contributed by atoms with Gasteiger partial charge in [-0.05, 0) is 24.3 Å². The standard InChI is InChI=1S/C8H7NO3/c10-7-3-1-6(2-4-7)8(11)5-9-12/h1-5,10,12H/b9-5+. The molecule has 0 amide bonds. The first-order chi connectivity index (χ1) is 5.74. The quantitative estimate of drug-likeness (QED) is 0.297. The van der Waals surface area contributed by atoms with E-state index in [2.05, 4.69) is 5.16 Å². The van der Waals surface area contributed by atoms with E-state index >= 15 is 0 Å². The predicted octanol–water partition coefficient (Wildman–Crippen LogP) is 1.03. The van der Waals surface area contributed by atoms with Crippen molar-refractivity contribution in [2.45, 2.75) is 0 Å². The molecule has 1 rings (SSSR count). The number of benzene rings is 1. The Balaban J connectivity index is 2.90. The number of rotatable bonds is 2. The Morgan fingerprint density at radius 3 is 2.42 bits per heavy atom. The van der Waals surface area contributed by atoms with Crippen LogP contribution in [0.4, 0.5) is 0 Å². The van der Waals surface area contributed by atoms with E-state index < -0.39 is 5.78 Å². The largest absolute Gasteiger partial charge is 0.508 e. The third kappa shape index (κ3) is 1.82. The van der Waals surface area contributed by atoms with Crippen LogP contribution in [0.25, 0.3) is 0 Å². The van der Waals surface area contributed by atoms with Crippen molar-refractivity contribution < 1.29 is 15.1 Å². The Kier molecular flexibility index (Phi) is 2.42. The average molecular weight is 165 g/mol. The molecule has 0 unspecified atom stereocenters. The molecule has 0 aliphatic carbocycles. The number of carbonyl (C=O) groups excluding carboxylic acids is 1. The highest BCUT2D eigenvalue weighted by atomic mass is 16.4. The summed E-state index contributed by atoms with van der Waals surface area (Å²) in [6.07, 6.45) is 0.798. The molecule has 0 radical (unpaired) electrons. The molecule has 0 saturated heterocycles. The Hall–Kier alpha value is -1.84. The summed E-state index contributed by atoms with van der Waals surface area (Å²) < 4.78 is 0. The number of oxime groups is 1. The van der Waals surface area contributed by atoms with Gasteiger partial charge in [0.25, 0.3) is 0 Å². The highest BCUT2D eigenvalue weighted by Gasteiger charge is 2.01. The minimum Gasteiger partial charge on any atom is -0.508 e. The number of phenols is 1. The first-order valence-electron chi connectivity index (χ1n) is 3.25. The van der Waals surface area contributed by atoms with Crippen LogP contribution in [-0.2, 0) is 0 Å². The molecule has 1 aromatic carbocycles. The van der Waals surface area contributed by atoms with Crippen molar-refractivity contribution >= 4 is 12.0 Å². The molecule has 4 heteroatoms. The van der Waals surface area contributed by atoms with Crippen molar-refractivity contribution in [3.63, 3.8) is 0 Å². The highest BCUT2D eigenvalue weighted by molar-refractivity contribution is 6.35. The molecule has 4 nitrogen and oxygen atoms in total. The second kappa shape index (κ2) is 3.52. The number of aromatic hydroxyl groups is 1. The van der Waals surface area contributed by atoms with Crippen molar-refractivity contribution in [1.29, 1.82) is 0 Å². The topological polar surface area (TPSA) is 69.9 Å². The van der Waals surface area contributed by atoms with Crippen molar-refractivity contribution in [3.05, 3.63) is 29.8 Å². The third-order valence-corrected chi connectivity index (χ3v) is 1.33. The number of Topliss-reactive ketones (excluding diaryl/α,β-unsaturated/α-hetero) is 1.